The maximum absolute atomic E-state index is 11.2. The van der Waals surface area contributed by atoms with Gasteiger partial charge in [-0.2, -0.15) is 0 Å². The first-order chi connectivity index (χ1) is 13.5. The second-order valence-electron chi connectivity index (χ2n) is 7.44. The van der Waals surface area contributed by atoms with Crippen LogP contribution in [0.4, 0.5) is 0 Å². The Morgan fingerprint density at radius 2 is 2.00 bits per heavy atom. The Hall–Kier alpha value is -2.37. The van der Waals surface area contributed by atoms with E-state index in [0.29, 0.717) is 19.7 Å². The molecule has 0 spiro atoms. The van der Waals surface area contributed by atoms with Gasteiger partial charge in [-0.15, -0.1) is 12.4 Å². The molecule has 1 heterocycles. The van der Waals surface area contributed by atoms with Gasteiger partial charge in [-0.1, -0.05) is 53.2 Å². The minimum atomic E-state index is -0.704. The summed E-state index contributed by atoms with van der Waals surface area (Å²) < 4.78 is 0. The molecule has 1 N–H and O–H groups in total. The van der Waals surface area contributed by atoms with Crippen molar-refractivity contribution in [2.75, 3.05) is 26.2 Å². The second-order valence-corrected chi connectivity index (χ2v) is 7.44. The summed E-state index contributed by atoms with van der Waals surface area (Å²) in [5.41, 5.74) is 5.22. The Labute approximate surface area is 178 Å². The highest BCUT2D eigenvalue weighted by Gasteiger charge is 2.25. The number of halogens is 1. The number of aryl methyl sites for hydroxylation is 2. The number of aliphatic carboxylic acids is 1. The Morgan fingerprint density at radius 1 is 1.21 bits per heavy atom. The number of carbonyl (C=O) groups is 1. The summed E-state index contributed by atoms with van der Waals surface area (Å²) >= 11 is 0. The zero-order valence-corrected chi connectivity index (χ0v) is 17.8. The van der Waals surface area contributed by atoms with Crippen LogP contribution in [0.5, 0.6) is 0 Å². The number of carboxylic acid groups (broad SMARTS) is 1. The van der Waals surface area contributed by atoms with Crippen LogP contribution in [-0.4, -0.2) is 47.9 Å². The Kier molecular flexibility index (Phi) is 8.68. The number of nitrogens with zero attached hydrogens (tertiary/aromatic N) is 2. The van der Waals surface area contributed by atoms with Gasteiger partial charge in [-0.3, -0.25) is 9.69 Å². The molecule has 0 amide bonds. The fraction of sp³-hybridized carbons (Fsp3) is 0.391. The molecule has 1 saturated heterocycles. The molecule has 0 aromatic heterocycles. The van der Waals surface area contributed by atoms with E-state index >= 15 is 0 Å². The molecular formula is C23H29ClN2O3. The maximum atomic E-state index is 11.2. The molecular weight excluding hydrogens is 388 g/mol. The standard InChI is InChI=1S/C23H28N2O3.ClH/c1-17-7-5-9-19(15-17)22(21-11-4-3-8-18(21)2)24-28-14-13-25-12-6-10-20(16-25)23(26)27;/h3-5,7-9,11,15,20H,6,10,12-14,16H2,1-2H3,(H,26,27);1H/b24-22+;. The normalized spacial score (nSPS) is 17.4. The minimum Gasteiger partial charge on any atom is -0.481 e. The van der Waals surface area contributed by atoms with E-state index in [9.17, 15) is 9.90 Å². The van der Waals surface area contributed by atoms with Crippen LogP contribution in [0.2, 0.25) is 0 Å². The Bertz CT molecular complexity index is 854. The van der Waals surface area contributed by atoms with Gasteiger partial charge >= 0.3 is 5.97 Å². The topological polar surface area (TPSA) is 62.1 Å². The van der Waals surface area contributed by atoms with Crippen LogP contribution in [0.25, 0.3) is 0 Å². The van der Waals surface area contributed by atoms with Gasteiger partial charge in [0.15, 0.2) is 0 Å². The van der Waals surface area contributed by atoms with Crippen molar-refractivity contribution in [2.45, 2.75) is 26.7 Å². The molecule has 0 saturated carbocycles. The highest BCUT2D eigenvalue weighted by molar-refractivity contribution is 6.13. The zero-order valence-electron chi connectivity index (χ0n) is 17.0. The highest BCUT2D eigenvalue weighted by Crippen LogP contribution is 2.18. The summed E-state index contributed by atoms with van der Waals surface area (Å²) in [4.78, 5) is 19.1. The molecule has 0 radical (unpaired) electrons. The van der Waals surface area contributed by atoms with E-state index in [1.165, 1.54) is 5.56 Å². The number of piperidine rings is 1. The smallest absolute Gasteiger partial charge is 0.307 e. The van der Waals surface area contributed by atoms with Crippen LogP contribution in [0, 0.1) is 19.8 Å². The summed E-state index contributed by atoms with van der Waals surface area (Å²) in [6, 6.07) is 16.4. The van der Waals surface area contributed by atoms with E-state index in [1.54, 1.807) is 0 Å². The van der Waals surface area contributed by atoms with E-state index in [1.807, 2.05) is 24.3 Å². The first-order valence-corrected chi connectivity index (χ1v) is 9.83. The number of benzene rings is 2. The largest absolute Gasteiger partial charge is 0.481 e. The van der Waals surface area contributed by atoms with Crippen LogP contribution < -0.4 is 0 Å². The lowest BCUT2D eigenvalue weighted by molar-refractivity contribution is -0.143. The summed E-state index contributed by atoms with van der Waals surface area (Å²) in [5, 5.41) is 13.7. The fourth-order valence-corrected chi connectivity index (χ4v) is 3.63. The summed E-state index contributed by atoms with van der Waals surface area (Å²) in [7, 11) is 0. The van der Waals surface area contributed by atoms with E-state index < -0.39 is 5.97 Å². The van der Waals surface area contributed by atoms with Gasteiger partial charge in [-0.25, -0.2) is 0 Å². The number of oxime groups is 1. The lowest BCUT2D eigenvalue weighted by Gasteiger charge is -2.30. The van der Waals surface area contributed by atoms with Crippen LogP contribution in [0.1, 0.15) is 35.1 Å². The zero-order chi connectivity index (χ0) is 19.9. The molecule has 2 aromatic carbocycles. The van der Waals surface area contributed by atoms with Gasteiger partial charge in [0.1, 0.15) is 12.3 Å². The van der Waals surface area contributed by atoms with Gasteiger partial charge in [0, 0.05) is 24.2 Å². The number of likely N-dealkylation sites (tertiary alicyclic amines) is 1. The SMILES string of the molecule is Cc1cccc(/C(=N\OCCN2CCCC(C(=O)O)C2)c2ccccc2C)c1.Cl. The second kappa shape index (κ2) is 11.0. The summed E-state index contributed by atoms with van der Waals surface area (Å²) in [6.07, 6.45) is 1.67. The summed E-state index contributed by atoms with van der Waals surface area (Å²) in [5.74, 6) is -0.975. The molecule has 156 valence electrons. The molecule has 1 unspecified atom stereocenters. The molecule has 1 atom stereocenters. The summed E-state index contributed by atoms with van der Waals surface area (Å²) in [6.45, 7) is 6.76. The molecule has 1 aliphatic rings. The van der Waals surface area contributed by atoms with Crippen LogP contribution in [0.3, 0.4) is 0 Å². The fourth-order valence-electron chi connectivity index (χ4n) is 3.63. The average molecular weight is 417 g/mol. The molecule has 0 bridgehead atoms. The third kappa shape index (κ3) is 6.31. The number of hydrogen-bond donors (Lipinski definition) is 1. The van der Waals surface area contributed by atoms with Crippen molar-refractivity contribution in [3.63, 3.8) is 0 Å². The molecule has 0 aliphatic carbocycles. The van der Waals surface area contributed by atoms with Crippen molar-refractivity contribution in [2.24, 2.45) is 11.1 Å². The van der Waals surface area contributed by atoms with Crippen molar-refractivity contribution in [3.05, 3.63) is 70.8 Å². The van der Waals surface area contributed by atoms with E-state index in [4.69, 9.17) is 4.84 Å². The minimum absolute atomic E-state index is 0. The predicted octanol–water partition coefficient (Wildman–Crippen LogP) is 4.29. The molecule has 29 heavy (non-hydrogen) atoms. The molecule has 6 heteroatoms. The molecule has 5 nitrogen and oxygen atoms in total. The predicted molar refractivity (Wildman–Crippen MR) is 118 cm³/mol. The monoisotopic (exact) mass is 416 g/mol. The van der Waals surface area contributed by atoms with Gasteiger partial charge < -0.3 is 9.94 Å². The van der Waals surface area contributed by atoms with E-state index in [2.05, 4.69) is 48.2 Å². The van der Waals surface area contributed by atoms with Crippen LogP contribution in [-0.2, 0) is 9.63 Å². The lowest BCUT2D eigenvalue weighted by atomic mass is 9.97. The molecule has 1 aliphatic heterocycles. The van der Waals surface area contributed by atoms with Crippen molar-refractivity contribution in [1.29, 1.82) is 0 Å². The molecule has 3 rings (SSSR count). The average Bonchev–Trinajstić information content (AvgIpc) is 2.69. The van der Waals surface area contributed by atoms with Gasteiger partial charge in [0.2, 0.25) is 0 Å². The van der Waals surface area contributed by atoms with E-state index in [0.717, 1.165) is 41.8 Å². The highest BCUT2D eigenvalue weighted by atomic mass is 35.5. The first-order valence-electron chi connectivity index (χ1n) is 9.83. The van der Waals surface area contributed by atoms with Gasteiger partial charge in [-0.05, 0) is 44.9 Å². The Morgan fingerprint density at radius 3 is 2.72 bits per heavy atom. The first kappa shape index (κ1) is 22.9. The third-order valence-corrected chi connectivity index (χ3v) is 5.20. The third-order valence-electron chi connectivity index (χ3n) is 5.20. The Balaban J connectivity index is 0.00000300. The number of rotatable bonds is 7. The quantitative estimate of drug-likeness (QED) is 0.415. The maximum Gasteiger partial charge on any atom is 0.307 e. The van der Waals surface area contributed by atoms with Crippen molar-refractivity contribution >= 4 is 24.1 Å². The molecule has 2 aromatic rings. The van der Waals surface area contributed by atoms with Crippen molar-refractivity contribution < 1.29 is 14.7 Å². The van der Waals surface area contributed by atoms with Gasteiger partial charge in [0.25, 0.3) is 0 Å². The van der Waals surface area contributed by atoms with Crippen molar-refractivity contribution in [1.82, 2.24) is 4.90 Å². The van der Waals surface area contributed by atoms with Crippen molar-refractivity contribution in [3.8, 4) is 0 Å². The van der Waals surface area contributed by atoms with Crippen LogP contribution in [0.15, 0.2) is 53.7 Å². The molecule has 1 fully saturated rings. The van der Waals surface area contributed by atoms with Gasteiger partial charge in [0.05, 0.1) is 5.92 Å². The number of carboxylic acids is 1. The van der Waals surface area contributed by atoms with Crippen LogP contribution >= 0.6 is 12.4 Å². The number of hydrogen-bond acceptors (Lipinski definition) is 4. The van der Waals surface area contributed by atoms with E-state index in [-0.39, 0.29) is 18.3 Å². The lowest BCUT2D eigenvalue weighted by Crippen LogP contribution is -2.40.